The second kappa shape index (κ2) is 6.90. The number of carbonyl (C=O) groups excluding carboxylic acids is 1. The van der Waals surface area contributed by atoms with Gasteiger partial charge >= 0.3 is 6.61 Å². The standard InChI is InChI=1S/C12H16F2N2O2/c1-2-8(7-15)11(17)16-9-5-3-4-6-10(9)18-12(13)14/h3-6,8,12H,2,7,15H2,1H3,(H,16,17). The number of benzene rings is 1. The predicted molar refractivity (Wildman–Crippen MR) is 64.5 cm³/mol. The second-order valence-corrected chi connectivity index (χ2v) is 3.70. The summed E-state index contributed by atoms with van der Waals surface area (Å²) in [5.74, 6) is -0.706. The zero-order valence-corrected chi connectivity index (χ0v) is 10.0. The van der Waals surface area contributed by atoms with Crippen LogP contribution in [0.3, 0.4) is 0 Å². The maximum absolute atomic E-state index is 12.2. The molecule has 0 saturated heterocycles. The Kier molecular flexibility index (Phi) is 5.51. The van der Waals surface area contributed by atoms with Crippen molar-refractivity contribution in [2.75, 3.05) is 11.9 Å². The fraction of sp³-hybridized carbons (Fsp3) is 0.417. The molecule has 0 aromatic heterocycles. The lowest BCUT2D eigenvalue weighted by Crippen LogP contribution is -2.28. The lowest BCUT2D eigenvalue weighted by molar-refractivity contribution is -0.119. The summed E-state index contributed by atoms with van der Waals surface area (Å²) in [5.41, 5.74) is 5.66. The summed E-state index contributed by atoms with van der Waals surface area (Å²) >= 11 is 0. The Hall–Kier alpha value is -1.69. The largest absolute Gasteiger partial charge is 0.433 e. The SMILES string of the molecule is CCC(CN)C(=O)Nc1ccccc1OC(F)F. The van der Waals surface area contributed by atoms with E-state index in [1.54, 1.807) is 12.1 Å². The average molecular weight is 258 g/mol. The molecule has 0 fully saturated rings. The fourth-order valence-corrected chi connectivity index (χ4v) is 1.46. The highest BCUT2D eigenvalue weighted by atomic mass is 19.3. The number of hydrogen-bond donors (Lipinski definition) is 2. The van der Waals surface area contributed by atoms with Crippen LogP contribution in [0.5, 0.6) is 5.75 Å². The van der Waals surface area contributed by atoms with E-state index in [2.05, 4.69) is 10.1 Å². The number of nitrogens with two attached hydrogens (primary N) is 1. The van der Waals surface area contributed by atoms with E-state index in [9.17, 15) is 13.6 Å². The molecule has 0 saturated carbocycles. The third-order valence-corrected chi connectivity index (χ3v) is 2.51. The van der Waals surface area contributed by atoms with Crippen molar-refractivity contribution in [3.8, 4) is 5.75 Å². The van der Waals surface area contributed by atoms with Crippen molar-refractivity contribution in [2.24, 2.45) is 11.7 Å². The molecule has 0 spiro atoms. The molecule has 1 amide bonds. The molecule has 1 atom stereocenters. The predicted octanol–water partition coefficient (Wildman–Crippen LogP) is 2.21. The fourth-order valence-electron chi connectivity index (χ4n) is 1.46. The van der Waals surface area contributed by atoms with Crippen LogP contribution in [-0.4, -0.2) is 19.1 Å². The molecule has 100 valence electrons. The van der Waals surface area contributed by atoms with E-state index in [1.807, 2.05) is 6.92 Å². The first-order chi connectivity index (χ1) is 8.58. The van der Waals surface area contributed by atoms with Gasteiger partial charge in [0.25, 0.3) is 0 Å². The van der Waals surface area contributed by atoms with Gasteiger partial charge in [-0.15, -0.1) is 0 Å². The summed E-state index contributed by atoms with van der Waals surface area (Å²) in [6.45, 7) is -0.890. The highest BCUT2D eigenvalue weighted by Crippen LogP contribution is 2.26. The smallest absolute Gasteiger partial charge is 0.387 e. The number of amides is 1. The molecular formula is C12H16F2N2O2. The number of nitrogens with one attached hydrogen (secondary N) is 1. The van der Waals surface area contributed by atoms with Crippen LogP contribution in [0.1, 0.15) is 13.3 Å². The highest BCUT2D eigenvalue weighted by Gasteiger charge is 2.17. The lowest BCUT2D eigenvalue weighted by atomic mass is 10.1. The molecule has 0 aliphatic heterocycles. The Morgan fingerprint density at radius 1 is 1.44 bits per heavy atom. The number of halogens is 2. The maximum Gasteiger partial charge on any atom is 0.387 e. The van der Waals surface area contributed by atoms with Gasteiger partial charge in [-0.05, 0) is 18.6 Å². The third kappa shape index (κ3) is 3.96. The van der Waals surface area contributed by atoms with Gasteiger partial charge in [0.2, 0.25) is 5.91 Å². The van der Waals surface area contributed by atoms with E-state index in [0.29, 0.717) is 6.42 Å². The van der Waals surface area contributed by atoms with Crippen molar-refractivity contribution >= 4 is 11.6 Å². The van der Waals surface area contributed by atoms with Crippen LogP contribution >= 0.6 is 0 Å². The van der Waals surface area contributed by atoms with Crippen LogP contribution in [-0.2, 0) is 4.79 Å². The molecule has 1 aromatic rings. The molecule has 0 heterocycles. The Morgan fingerprint density at radius 3 is 2.67 bits per heavy atom. The number of hydrogen-bond acceptors (Lipinski definition) is 3. The monoisotopic (exact) mass is 258 g/mol. The molecule has 0 aliphatic carbocycles. The van der Waals surface area contributed by atoms with E-state index in [1.165, 1.54) is 12.1 Å². The average Bonchev–Trinajstić information content (AvgIpc) is 2.32. The molecule has 1 rings (SSSR count). The van der Waals surface area contributed by atoms with Crippen LogP contribution in [0.25, 0.3) is 0 Å². The number of carbonyl (C=O) groups is 1. The number of rotatable bonds is 6. The molecular weight excluding hydrogens is 242 g/mol. The Morgan fingerprint density at radius 2 is 2.11 bits per heavy atom. The van der Waals surface area contributed by atoms with Gasteiger partial charge in [0, 0.05) is 6.54 Å². The van der Waals surface area contributed by atoms with Gasteiger partial charge in [0.05, 0.1) is 11.6 Å². The van der Waals surface area contributed by atoms with Crippen LogP contribution in [0.2, 0.25) is 0 Å². The number of para-hydroxylation sites is 2. The topological polar surface area (TPSA) is 64.4 Å². The molecule has 0 radical (unpaired) electrons. The van der Waals surface area contributed by atoms with Crippen molar-refractivity contribution in [2.45, 2.75) is 20.0 Å². The quantitative estimate of drug-likeness (QED) is 0.822. The van der Waals surface area contributed by atoms with Crippen molar-refractivity contribution in [3.63, 3.8) is 0 Å². The molecule has 3 N–H and O–H groups in total. The Balaban J connectivity index is 2.80. The van der Waals surface area contributed by atoms with Crippen molar-refractivity contribution < 1.29 is 18.3 Å². The van der Waals surface area contributed by atoms with Crippen LogP contribution in [0.4, 0.5) is 14.5 Å². The van der Waals surface area contributed by atoms with E-state index in [4.69, 9.17) is 5.73 Å². The van der Waals surface area contributed by atoms with Gasteiger partial charge in [0.15, 0.2) is 0 Å². The highest BCUT2D eigenvalue weighted by molar-refractivity contribution is 5.94. The molecule has 1 unspecified atom stereocenters. The lowest BCUT2D eigenvalue weighted by Gasteiger charge is -2.15. The van der Waals surface area contributed by atoms with Crippen molar-refractivity contribution in [1.82, 2.24) is 0 Å². The van der Waals surface area contributed by atoms with Crippen molar-refractivity contribution in [3.05, 3.63) is 24.3 Å². The first kappa shape index (κ1) is 14.4. The molecule has 6 heteroatoms. The first-order valence-corrected chi connectivity index (χ1v) is 5.63. The Bertz CT molecular complexity index is 395. The third-order valence-electron chi connectivity index (χ3n) is 2.51. The summed E-state index contributed by atoms with van der Waals surface area (Å²) < 4.78 is 28.7. The van der Waals surface area contributed by atoms with E-state index < -0.39 is 6.61 Å². The Labute approximate surface area is 104 Å². The second-order valence-electron chi connectivity index (χ2n) is 3.70. The van der Waals surface area contributed by atoms with Gasteiger partial charge in [-0.2, -0.15) is 8.78 Å². The molecule has 4 nitrogen and oxygen atoms in total. The minimum atomic E-state index is -2.93. The zero-order chi connectivity index (χ0) is 13.5. The molecule has 0 bridgehead atoms. The van der Waals surface area contributed by atoms with Gasteiger partial charge in [-0.3, -0.25) is 4.79 Å². The van der Waals surface area contributed by atoms with Gasteiger partial charge in [-0.25, -0.2) is 0 Å². The van der Waals surface area contributed by atoms with E-state index in [0.717, 1.165) is 0 Å². The molecule has 0 aliphatic rings. The summed E-state index contributed by atoms with van der Waals surface area (Å²) in [5, 5.41) is 2.54. The van der Waals surface area contributed by atoms with Gasteiger partial charge in [0.1, 0.15) is 5.75 Å². The minimum Gasteiger partial charge on any atom is -0.433 e. The normalized spacial score (nSPS) is 12.3. The molecule has 18 heavy (non-hydrogen) atoms. The van der Waals surface area contributed by atoms with E-state index in [-0.39, 0.29) is 29.8 Å². The van der Waals surface area contributed by atoms with Crippen LogP contribution < -0.4 is 15.8 Å². The van der Waals surface area contributed by atoms with E-state index >= 15 is 0 Å². The number of ether oxygens (including phenoxy) is 1. The zero-order valence-electron chi connectivity index (χ0n) is 10.0. The van der Waals surface area contributed by atoms with Crippen LogP contribution in [0.15, 0.2) is 24.3 Å². The maximum atomic E-state index is 12.2. The number of anilines is 1. The van der Waals surface area contributed by atoms with Gasteiger partial charge < -0.3 is 15.8 Å². The summed E-state index contributed by atoms with van der Waals surface area (Å²) in [6.07, 6.45) is 0.584. The summed E-state index contributed by atoms with van der Waals surface area (Å²) in [4.78, 5) is 11.8. The first-order valence-electron chi connectivity index (χ1n) is 5.63. The summed E-state index contributed by atoms with van der Waals surface area (Å²) in [6, 6.07) is 6.04. The van der Waals surface area contributed by atoms with Crippen molar-refractivity contribution in [1.29, 1.82) is 0 Å². The minimum absolute atomic E-state index is 0.0623. The number of alkyl halides is 2. The van der Waals surface area contributed by atoms with Gasteiger partial charge in [-0.1, -0.05) is 19.1 Å². The molecule has 1 aromatic carbocycles. The summed E-state index contributed by atoms with van der Waals surface area (Å²) in [7, 11) is 0. The van der Waals surface area contributed by atoms with Crippen LogP contribution in [0, 0.1) is 5.92 Å².